The second kappa shape index (κ2) is 7.65. The topological polar surface area (TPSA) is 59.7 Å². The van der Waals surface area contributed by atoms with Crippen LogP contribution in [0.25, 0.3) is 0 Å². The van der Waals surface area contributed by atoms with E-state index in [1.165, 1.54) is 12.1 Å². The van der Waals surface area contributed by atoms with Crippen LogP contribution >= 0.6 is 12.2 Å². The number of anilines is 1. The summed E-state index contributed by atoms with van der Waals surface area (Å²) in [5.74, 6) is -0.244. The van der Waals surface area contributed by atoms with Crippen molar-refractivity contribution < 1.29 is 4.39 Å². The Morgan fingerprint density at radius 1 is 1.23 bits per heavy atom. The molecular formula is C18H21FN6S. The van der Waals surface area contributed by atoms with Gasteiger partial charge in [0, 0.05) is 24.5 Å². The van der Waals surface area contributed by atoms with Gasteiger partial charge < -0.3 is 10.6 Å². The molecule has 0 aliphatic rings. The van der Waals surface area contributed by atoms with Crippen molar-refractivity contribution in [2.24, 2.45) is 7.05 Å². The van der Waals surface area contributed by atoms with E-state index in [9.17, 15) is 4.39 Å². The molecule has 1 atom stereocenters. The maximum Gasteiger partial charge on any atom is 0.171 e. The van der Waals surface area contributed by atoms with E-state index in [0.29, 0.717) is 11.7 Å². The first-order valence-electron chi connectivity index (χ1n) is 8.25. The minimum Gasteiger partial charge on any atom is -0.356 e. The van der Waals surface area contributed by atoms with Crippen molar-refractivity contribution in [1.82, 2.24) is 24.9 Å². The van der Waals surface area contributed by atoms with Gasteiger partial charge in [0.25, 0.3) is 0 Å². The van der Waals surface area contributed by atoms with Gasteiger partial charge in [-0.1, -0.05) is 12.1 Å². The van der Waals surface area contributed by atoms with Crippen molar-refractivity contribution in [2.45, 2.75) is 26.4 Å². The summed E-state index contributed by atoms with van der Waals surface area (Å²) < 4.78 is 16.6. The molecule has 8 heteroatoms. The third kappa shape index (κ3) is 4.26. The van der Waals surface area contributed by atoms with Gasteiger partial charge in [-0.05, 0) is 43.8 Å². The maximum atomic E-state index is 13.0. The van der Waals surface area contributed by atoms with Crippen LogP contribution in [0.4, 0.5) is 10.1 Å². The summed E-state index contributed by atoms with van der Waals surface area (Å²) in [4.78, 5) is 0. The number of hydrogen-bond donors (Lipinski definition) is 2. The van der Waals surface area contributed by atoms with Gasteiger partial charge in [-0.2, -0.15) is 10.2 Å². The summed E-state index contributed by atoms with van der Waals surface area (Å²) in [6.07, 6.45) is 5.41. The highest BCUT2D eigenvalue weighted by Gasteiger charge is 2.13. The number of hydrogen-bond acceptors (Lipinski definition) is 3. The van der Waals surface area contributed by atoms with E-state index in [-0.39, 0.29) is 11.9 Å². The van der Waals surface area contributed by atoms with Gasteiger partial charge in [-0.25, -0.2) is 4.39 Å². The molecule has 136 valence electrons. The largest absolute Gasteiger partial charge is 0.356 e. The van der Waals surface area contributed by atoms with Crippen molar-refractivity contribution in [3.8, 4) is 0 Å². The molecule has 3 aromatic rings. The van der Waals surface area contributed by atoms with Gasteiger partial charge in [-0.3, -0.25) is 9.36 Å². The predicted octanol–water partition coefficient (Wildman–Crippen LogP) is 3.16. The van der Waals surface area contributed by atoms with Crippen LogP contribution in [-0.4, -0.2) is 24.7 Å². The Balaban J connectivity index is 1.57. The molecule has 0 aliphatic carbocycles. The molecule has 2 N–H and O–H groups in total. The molecule has 0 fully saturated rings. The second-order valence-corrected chi connectivity index (χ2v) is 6.59. The van der Waals surface area contributed by atoms with Gasteiger partial charge in [0.15, 0.2) is 5.11 Å². The summed E-state index contributed by atoms with van der Waals surface area (Å²) in [6, 6.07) is 6.41. The van der Waals surface area contributed by atoms with Gasteiger partial charge in [0.2, 0.25) is 0 Å². The van der Waals surface area contributed by atoms with E-state index in [1.807, 2.05) is 38.0 Å². The number of rotatable bonds is 5. The van der Waals surface area contributed by atoms with E-state index in [4.69, 9.17) is 12.2 Å². The minimum atomic E-state index is -0.244. The summed E-state index contributed by atoms with van der Waals surface area (Å²) in [6.45, 7) is 4.62. The fourth-order valence-corrected chi connectivity index (χ4v) is 2.97. The van der Waals surface area contributed by atoms with Crippen LogP contribution in [0, 0.1) is 12.7 Å². The van der Waals surface area contributed by atoms with E-state index in [2.05, 4.69) is 20.8 Å². The molecule has 0 aliphatic heterocycles. The van der Waals surface area contributed by atoms with Crippen LogP contribution in [0.2, 0.25) is 0 Å². The number of nitrogens with one attached hydrogen (secondary N) is 2. The molecule has 0 bridgehead atoms. The zero-order chi connectivity index (χ0) is 18.7. The highest BCUT2D eigenvalue weighted by molar-refractivity contribution is 7.80. The third-order valence-electron chi connectivity index (χ3n) is 4.24. The molecule has 2 heterocycles. The first-order valence-corrected chi connectivity index (χ1v) is 8.66. The number of halogens is 1. The van der Waals surface area contributed by atoms with Gasteiger partial charge in [0.1, 0.15) is 5.82 Å². The van der Waals surface area contributed by atoms with E-state index in [1.54, 1.807) is 23.0 Å². The van der Waals surface area contributed by atoms with Crippen LogP contribution in [0.3, 0.4) is 0 Å². The number of aromatic nitrogens is 4. The summed E-state index contributed by atoms with van der Waals surface area (Å²) in [5, 5.41) is 15.5. The number of nitrogens with zero attached hydrogens (tertiary/aromatic N) is 4. The monoisotopic (exact) mass is 372 g/mol. The summed E-state index contributed by atoms with van der Waals surface area (Å²) >= 11 is 5.39. The van der Waals surface area contributed by atoms with Crippen LogP contribution in [0.1, 0.15) is 29.8 Å². The molecule has 0 spiro atoms. The minimum absolute atomic E-state index is 0.0398. The van der Waals surface area contributed by atoms with Crippen LogP contribution < -0.4 is 10.6 Å². The average Bonchev–Trinajstić information content (AvgIpc) is 3.16. The Kier molecular flexibility index (Phi) is 5.32. The van der Waals surface area contributed by atoms with Gasteiger partial charge in [-0.15, -0.1) is 0 Å². The first-order chi connectivity index (χ1) is 12.4. The molecule has 0 saturated heterocycles. The Labute approximate surface area is 157 Å². The lowest BCUT2D eigenvalue weighted by atomic mass is 10.1. The first kappa shape index (κ1) is 18.1. The standard InChI is InChI=1S/C18H21FN6S/c1-12(17-9-20-24(3)13(17)2)22-18(26)23-16-8-21-25(11-16)10-14-4-6-15(19)7-5-14/h4-9,11-12H,10H2,1-3H3,(H2,22,23,26). The van der Waals surface area contributed by atoms with Crippen molar-refractivity contribution in [2.75, 3.05) is 5.32 Å². The molecule has 3 rings (SSSR count). The maximum absolute atomic E-state index is 13.0. The highest BCUT2D eigenvalue weighted by Crippen LogP contribution is 2.16. The van der Waals surface area contributed by atoms with Crippen LogP contribution in [-0.2, 0) is 13.6 Å². The van der Waals surface area contributed by atoms with Gasteiger partial charge >= 0.3 is 0 Å². The van der Waals surface area contributed by atoms with E-state index < -0.39 is 0 Å². The van der Waals surface area contributed by atoms with E-state index in [0.717, 1.165) is 22.5 Å². The Morgan fingerprint density at radius 2 is 1.96 bits per heavy atom. The Bertz CT molecular complexity index is 899. The van der Waals surface area contributed by atoms with Crippen molar-refractivity contribution in [1.29, 1.82) is 0 Å². The van der Waals surface area contributed by atoms with Crippen LogP contribution in [0.5, 0.6) is 0 Å². The number of benzene rings is 1. The van der Waals surface area contributed by atoms with Crippen molar-refractivity contribution in [3.05, 3.63) is 65.5 Å². The smallest absolute Gasteiger partial charge is 0.171 e. The molecule has 0 amide bonds. The van der Waals surface area contributed by atoms with Crippen molar-refractivity contribution >= 4 is 23.0 Å². The predicted molar refractivity (Wildman–Crippen MR) is 103 cm³/mol. The highest BCUT2D eigenvalue weighted by atomic mass is 32.1. The zero-order valence-corrected chi connectivity index (χ0v) is 15.7. The van der Waals surface area contributed by atoms with Gasteiger partial charge in [0.05, 0.1) is 30.7 Å². The Morgan fingerprint density at radius 3 is 2.62 bits per heavy atom. The lowest BCUT2D eigenvalue weighted by Gasteiger charge is -2.16. The summed E-state index contributed by atoms with van der Waals surface area (Å²) in [5.41, 5.74) is 3.96. The molecule has 0 saturated carbocycles. The average molecular weight is 372 g/mol. The number of aryl methyl sites for hydroxylation is 1. The molecule has 6 nitrogen and oxygen atoms in total. The Hall–Kier alpha value is -2.74. The third-order valence-corrected chi connectivity index (χ3v) is 4.46. The molecule has 2 aromatic heterocycles. The zero-order valence-electron chi connectivity index (χ0n) is 14.9. The van der Waals surface area contributed by atoms with Crippen LogP contribution in [0.15, 0.2) is 42.9 Å². The lowest BCUT2D eigenvalue weighted by molar-refractivity contribution is 0.624. The fraction of sp³-hybridized carbons (Fsp3) is 0.278. The quantitative estimate of drug-likeness (QED) is 0.674. The molecule has 26 heavy (non-hydrogen) atoms. The van der Waals surface area contributed by atoms with Crippen molar-refractivity contribution in [3.63, 3.8) is 0 Å². The SMILES string of the molecule is Cc1c(C(C)NC(=S)Nc2cnn(Cc3ccc(F)cc3)c2)cnn1C. The second-order valence-electron chi connectivity index (χ2n) is 6.18. The van der Waals surface area contributed by atoms with E-state index >= 15 is 0 Å². The lowest BCUT2D eigenvalue weighted by Crippen LogP contribution is -2.31. The molecule has 0 radical (unpaired) electrons. The summed E-state index contributed by atoms with van der Waals surface area (Å²) in [7, 11) is 1.91. The molecule has 1 aromatic carbocycles. The fourth-order valence-electron chi connectivity index (χ4n) is 2.67. The molecule has 1 unspecified atom stereocenters. The molecular weight excluding hydrogens is 351 g/mol. The normalized spacial score (nSPS) is 12.0. The number of thiocarbonyl (C=S) groups is 1.